The lowest BCUT2D eigenvalue weighted by atomic mass is 9.94. The predicted octanol–water partition coefficient (Wildman–Crippen LogP) is 0.963. The zero-order valence-electron chi connectivity index (χ0n) is 18.5. The molecule has 0 radical (unpaired) electrons. The van der Waals surface area contributed by atoms with Crippen LogP contribution in [0.1, 0.15) is 56.6 Å². The molecule has 2 fully saturated rings. The predicted molar refractivity (Wildman–Crippen MR) is 115 cm³/mol. The Hall–Kier alpha value is -1.77. The highest BCUT2D eigenvalue weighted by molar-refractivity contribution is 5.81. The second-order valence-electron chi connectivity index (χ2n) is 9.11. The third-order valence-electron chi connectivity index (χ3n) is 6.99. The number of nitrogens with one attached hydrogen (secondary N) is 1. The summed E-state index contributed by atoms with van der Waals surface area (Å²) in [6, 6.07) is 0.329. The highest BCUT2D eigenvalue weighted by Crippen LogP contribution is 2.27. The Bertz CT molecular complexity index is 809. The van der Waals surface area contributed by atoms with Crippen LogP contribution in [0, 0.1) is 0 Å². The Morgan fingerprint density at radius 3 is 2.43 bits per heavy atom. The summed E-state index contributed by atoms with van der Waals surface area (Å²) in [5, 5.41) is 0. The van der Waals surface area contributed by atoms with Crippen molar-refractivity contribution in [2.24, 2.45) is 0 Å². The average Bonchev–Trinajstić information content (AvgIpc) is 2.78. The molecular formula is C22H35N5O3. The van der Waals surface area contributed by atoms with Crippen LogP contribution in [0.4, 0.5) is 0 Å². The molecule has 2 saturated heterocycles. The van der Waals surface area contributed by atoms with Gasteiger partial charge in [0.05, 0.1) is 30.5 Å². The fourth-order valence-corrected chi connectivity index (χ4v) is 4.86. The number of piperidine rings is 1. The molecule has 30 heavy (non-hydrogen) atoms. The number of amides is 1. The summed E-state index contributed by atoms with van der Waals surface area (Å²) in [6.07, 6.45) is 2.53. The quantitative estimate of drug-likeness (QED) is 0.786. The first-order chi connectivity index (χ1) is 14.4. The lowest BCUT2D eigenvalue weighted by Gasteiger charge is -2.37. The zero-order chi connectivity index (χ0) is 21.3. The normalized spacial score (nSPS) is 22.9. The highest BCUT2D eigenvalue weighted by Gasteiger charge is 2.32. The van der Waals surface area contributed by atoms with Gasteiger partial charge in [-0.2, -0.15) is 0 Å². The summed E-state index contributed by atoms with van der Waals surface area (Å²) in [6.45, 7) is 12.4. The van der Waals surface area contributed by atoms with Gasteiger partial charge in [-0.15, -0.1) is 0 Å². The van der Waals surface area contributed by atoms with Gasteiger partial charge >= 0.3 is 0 Å². The van der Waals surface area contributed by atoms with E-state index in [4.69, 9.17) is 9.72 Å². The van der Waals surface area contributed by atoms with Crippen molar-refractivity contribution < 1.29 is 9.53 Å². The van der Waals surface area contributed by atoms with Crippen molar-refractivity contribution in [1.82, 2.24) is 24.7 Å². The Labute approximate surface area is 178 Å². The molecule has 1 unspecified atom stereocenters. The number of aromatic nitrogens is 2. The molecule has 0 spiro atoms. The Morgan fingerprint density at radius 2 is 1.77 bits per heavy atom. The van der Waals surface area contributed by atoms with Crippen LogP contribution in [0.15, 0.2) is 4.79 Å². The van der Waals surface area contributed by atoms with Crippen molar-refractivity contribution in [3.05, 3.63) is 27.4 Å². The number of carbonyl (C=O) groups excluding carboxylic acids is 1. The lowest BCUT2D eigenvalue weighted by Crippen LogP contribution is -2.52. The van der Waals surface area contributed by atoms with E-state index in [0.29, 0.717) is 25.8 Å². The minimum Gasteiger partial charge on any atom is -0.379 e. The van der Waals surface area contributed by atoms with Gasteiger partial charge in [0.25, 0.3) is 5.56 Å². The first-order valence-corrected chi connectivity index (χ1v) is 11.4. The molecule has 0 aromatic carbocycles. The number of hydrogen-bond acceptors (Lipinski definition) is 6. The molecule has 3 aliphatic heterocycles. The number of ether oxygens (including phenoxy) is 1. The van der Waals surface area contributed by atoms with Gasteiger partial charge in [0.1, 0.15) is 5.82 Å². The van der Waals surface area contributed by atoms with E-state index in [2.05, 4.69) is 28.6 Å². The largest absolute Gasteiger partial charge is 0.379 e. The molecule has 3 aliphatic rings. The number of morpholine rings is 1. The van der Waals surface area contributed by atoms with E-state index in [0.717, 1.165) is 69.1 Å². The molecule has 8 heteroatoms. The van der Waals surface area contributed by atoms with E-state index in [1.807, 2.05) is 11.8 Å². The molecule has 0 saturated carbocycles. The highest BCUT2D eigenvalue weighted by atomic mass is 16.5. The molecule has 1 N–H and O–H groups in total. The van der Waals surface area contributed by atoms with E-state index in [1.165, 1.54) is 0 Å². The molecule has 1 aromatic rings. The average molecular weight is 418 g/mol. The Morgan fingerprint density at radius 1 is 1.07 bits per heavy atom. The maximum Gasteiger partial charge on any atom is 0.255 e. The van der Waals surface area contributed by atoms with E-state index in [9.17, 15) is 9.59 Å². The molecule has 1 atom stereocenters. The molecule has 0 aliphatic carbocycles. The number of fused-ring (bicyclic) bond motifs is 1. The minimum atomic E-state index is -0.101. The van der Waals surface area contributed by atoms with Crippen molar-refractivity contribution in [3.8, 4) is 0 Å². The fourth-order valence-electron chi connectivity index (χ4n) is 4.86. The maximum absolute atomic E-state index is 12.9. The van der Waals surface area contributed by atoms with Crippen LogP contribution < -0.4 is 5.56 Å². The van der Waals surface area contributed by atoms with Crippen LogP contribution in [0.2, 0.25) is 0 Å². The summed E-state index contributed by atoms with van der Waals surface area (Å²) in [5.41, 5.74) is 1.80. The lowest BCUT2D eigenvalue weighted by molar-refractivity contribution is -0.139. The molecular weight excluding hydrogens is 382 g/mol. The second kappa shape index (κ2) is 9.16. The summed E-state index contributed by atoms with van der Waals surface area (Å²) in [5.74, 6) is 1.23. The monoisotopic (exact) mass is 417 g/mol. The van der Waals surface area contributed by atoms with Crippen molar-refractivity contribution >= 4 is 5.91 Å². The molecule has 0 bridgehead atoms. The standard InChI is InChI=1S/C22H35N5O3/c1-15(2)27-9-6-19-18(14-27)21(28)24-20(23-19)17-4-7-26(8-5-17)22(29)16(3)25-10-12-30-13-11-25/h15-17H,4-14H2,1-3H3,(H,23,24,28). The van der Waals surface area contributed by atoms with E-state index in [1.54, 1.807) is 0 Å². The maximum atomic E-state index is 12.9. The van der Waals surface area contributed by atoms with E-state index in [-0.39, 0.29) is 23.4 Å². The first-order valence-electron chi connectivity index (χ1n) is 11.4. The van der Waals surface area contributed by atoms with Crippen molar-refractivity contribution in [2.75, 3.05) is 45.9 Å². The number of rotatable bonds is 4. The van der Waals surface area contributed by atoms with Gasteiger partial charge in [-0.05, 0) is 33.6 Å². The van der Waals surface area contributed by atoms with Crippen LogP contribution in [-0.2, 0) is 22.5 Å². The second-order valence-corrected chi connectivity index (χ2v) is 9.11. The first kappa shape index (κ1) is 21.5. The van der Waals surface area contributed by atoms with Crippen LogP contribution in [0.25, 0.3) is 0 Å². The van der Waals surface area contributed by atoms with Crippen LogP contribution >= 0.6 is 0 Å². The number of carbonyl (C=O) groups is 1. The third-order valence-corrected chi connectivity index (χ3v) is 6.99. The summed E-state index contributed by atoms with van der Waals surface area (Å²) in [7, 11) is 0. The number of likely N-dealkylation sites (tertiary alicyclic amines) is 1. The van der Waals surface area contributed by atoms with Crippen molar-refractivity contribution in [3.63, 3.8) is 0 Å². The van der Waals surface area contributed by atoms with Crippen LogP contribution in [-0.4, -0.2) is 88.6 Å². The van der Waals surface area contributed by atoms with Gasteiger partial charge < -0.3 is 14.6 Å². The topological polar surface area (TPSA) is 81.8 Å². The van der Waals surface area contributed by atoms with Gasteiger partial charge in [-0.3, -0.25) is 19.4 Å². The Balaban J connectivity index is 1.38. The minimum absolute atomic E-state index is 0.0137. The summed E-state index contributed by atoms with van der Waals surface area (Å²) < 4.78 is 5.40. The molecule has 4 heterocycles. The van der Waals surface area contributed by atoms with E-state index < -0.39 is 0 Å². The van der Waals surface area contributed by atoms with Crippen LogP contribution in [0.5, 0.6) is 0 Å². The van der Waals surface area contributed by atoms with Crippen molar-refractivity contribution in [2.45, 2.75) is 64.6 Å². The summed E-state index contributed by atoms with van der Waals surface area (Å²) in [4.78, 5) is 40.1. The molecule has 166 valence electrons. The summed E-state index contributed by atoms with van der Waals surface area (Å²) >= 11 is 0. The molecule has 4 rings (SSSR count). The van der Waals surface area contributed by atoms with Crippen molar-refractivity contribution in [1.29, 1.82) is 0 Å². The van der Waals surface area contributed by atoms with Gasteiger partial charge in [-0.25, -0.2) is 4.98 Å². The number of nitrogens with zero attached hydrogens (tertiary/aromatic N) is 4. The van der Waals surface area contributed by atoms with Gasteiger partial charge in [0.15, 0.2) is 0 Å². The number of aromatic amines is 1. The SMILES string of the molecule is CC(C)N1CCc2nc(C3CCN(C(=O)C(C)N4CCOCC4)CC3)[nH]c(=O)c2C1. The Kier molecular flexibility index (Phi) is 6.55. The fraction of sp³-hybridized carbons (Fsp3) is 0.773. The van der Waals surface area contributed by atoms with Gasteiger partial charge in [0.2, 0.25) is 5.91 Å². The number of hydrogen-bond donors (Lipinski definition) is 1. The van der Waals surface area contributed by atoms with Crippen LogP contribution in [0.3, 0.4) is 0 Å². The van der Waals surface area contributed by atoms with Gasteiger partial charge in [0, 0.05) is 57.6 Å². The molecule has 8 nitrogen and oxygen atoms in total. The number of H-pyrrole nitrogens is 1. The van der Waals surface area contributed by atoms with Gasteiger partial charge in [-0.1, -0.05) is 0 Å². The molecule has 1 aromatic heterocycles. The third kappa shape index (κ3) is 4.45. The zero-order valence-corrected chi connectivity index (χ0v) is 18.5. The smallest absolute Gasteiger partial charge is 0.255 e. The van der Waals surface area contributed by atoms with E-state index >= 15 is 0 Å². The molecule has 1 amide bonds.